The second-order valence-electron chi connectivity index (χ2n) is 7.47. The molecule has 4 rings (SSSR count). The van der Waals surface area contributed by atoms with Crippen LogP contribution < -0.4 is 10.1 Å². The van der Waals surface area contributed by atoms with Crippen LogP contribution in [0.1, 0.15) is 22.3 Å². The van der Waals surface area contributed by atoms with Crippen LogP contribution in [0.3, 0.4) is 0 Å². The molecule has 7 heteroatoms. The maximum atomic E-state index is 12.9. The molecule has 0 saturated carbocycles. The van der Waals surface area contributed by atoms with Gasteiger partial charge in [0.15, 0.2) is 0 Å². The summed E-state index contributed by atoms with van der Waals surface area (Å²) in [5.74, 6) is 0.262. The number of rotatable bonds is 6. The highest BCUT2D eigenvalue weighted by Crippen LogP contribution is 2.28. The standard InChI is InChI=1S/C25H20BrIN2O3/c1-16-3-2-4-18(11-16)14-29-24(30)22(28-25(29)31)13-19-12-20(26)7-10-23(19)32-15-17-5-8-21(27)9-6-17/h2-13H,14-15H2,1H3,(H,28,31)/b22-13+. The number of amides is 3. The number of imide groups is 1. The van der Waals surface area contributed by atoms with E-state index in [-0.39, 0.29) is 18.1 Å². The van der Waals surface area contributed by atoms with Crippen LogP contribution in [0.15, 0.2) is 76.9 Å². The lowest BCUT2D eigenvalue weighted by Gasteiger charge is -2.12. The highest BCUT2D eigenvalue weighted by Gasteiger charge is 2.33. The van der Waals surface area contributed by atoms with Crippen molar-refractivity contribution < 1.29 is 14.3 Å². The zero-order valence-corrected chi connectivity index (χ0v) is 21.0. The van der Waals surface area contributed by atoms with Crippen molar-refractivity contribution in [1.82, 2.24) is 10.2 Å². The summed E-state index contributed by atoms with van der Waals surface area (Å²) in [7, 11) is 0. The van der Waals surface area contributed by atoms with Gasteiger partial charge < -0.3 is 10.1 Å². The lowest BCUT2D eigenvalue weighted by molar-refractivity contribution is -0.123. The second kappa shape index (κ2) is 9.87. The summed E-state index contributed by atoms with van der Waals surface area (Å²) in [6.45, 7) is 2.60. The molecule has 1 N–H and O–H groups in total. The normalized spacial score (nSPS) is 14.7. The first-order chi connectivity index (χ1) is 15.4. The van der Waals surface area contributed by atoms with Gasteiger partial charge in [-0.1, -0.05) is 57.9 Å². The Morgan fingerprint density at radius 1 is 1.03 bits per heavy atom. The SMILES string of the molecule is Cc1cccc(CN2C(=O)N/C(=C/c3cc(Br)ccc3OCc3ccc(I)cc3)C2=O)c1. The molecule has 1 saturated heterocycles. The van der Waals surface area contributed by atoms with Gasteiger partial charge in [0.25, 0.3) is 5.91 Å². The van der Waals surface area contributed by atoms with E-state index in [9.17, 15) is 9.59 Å². The van der Waals surface area contributed by atoms with Crippen LogP contribution in [-0.2, 0) is 17.9 Å². The smallest absolute Gasteiger partial charge is 0.329 e. The van der Waals surface area contributed by atoms with E-state index in [2.05, 4.69) is 43.8 Å². The van der Waals surface area contributed by atoms with Crippen LogP contribution in [0.25, 0.3) is 6.08 Å². The third-order valence-electron chi connectivity index (χ3n) is 4.96. The molecule has 0 radical (unpaired) electrons. The minimum absolute atomic E-state index is 0.221. The van der Waals surface area contributed by atoms with Gasteiger partial charge in [-0.05, 0) is 77.0 Å². The van der Waals surface area contributed by atoms with Crippen LogP contribution in [0.2, 0.25) is 0 Å². The minimum Gasteiger partial charge on any atom is -0.488 e. The molecule has 1 aliphatic rings. The van der Waals surface area contributed by atoms with E-state index < -0.39 is 6.03 Å². The van der Waals surface area contributed by atoms with Crippen LogP contribution in [0, 0.1) is 10.5 Å². The van der Waals surface area contributed by atoms with Crippen LogP contribution in [0.5, 0.6) is 5.75 Å². The number of carbonyl (C=O) groups is 2. The average molecular weight is 603 g/mol. The van der Waals surface area contributed by atoms with E-state index in [1.54, 1.807) is 6.08 Å². The molecular weight excluding hydrogens is 583 g/mol. The number of hydrogen-bond acceptors (Lipinski definition) is 3. The quantitative estimate of drug-likeness (QED) is 0.213. The number of urea groups is 1. The van der Waals surface area contributed by atoms with E-state index in [1.807, 2.05) is 73.7 Å². The highest BCUT2D eigenvalue weighted by atomic mass is 127. The fraction of sp³-hybridized carbons (Fsp3) is 0.120. The van der Waals surface area contributed by atoms with Crippen molar-refractivity contribution in [1.29, 1.82) is 0 Å². The average Bonchev–Trinajstić information content (AvgIpc) is 3.02. The molecule has 1 aliphatic heterocycles. The van der Waals surface area contributed by atoms with Gasteiger partial charge in [-0.3, -0.25) is 9.69 Å². The zero-order chi connectivity index (χ0) is 22.7. The molecule has 162 valence electrons. The van der Waals surface area contributed by atoms with Gasteiger partial charge in [-0.15, -0.1) is 0 Å². The molecular formula is C25H20BrIN2O3. The number of aryl methyl sites for hydroxylation is 1. The molecule has 3 aromatic carbocycles. The number of benzene rings is 3. The van der Waals surface area contributed by atoms with E-state index in [0.29, 0.717) is 17.9 Å². The first kappa shape index (κ1) is 22.5. The Hall–Kier alpha value is -2.65. The Morgan fingerprint density at radius 3 is 2.56 bits per heavy atom. The summed E-state index contributed by atoms with van der Waals surface area (Å²) < 4.78 is 8.03. The van der Waals surface area contributed by atoms with Crippen LogP contribution >= 0.6 is 38.5 Å². The molecule has 3 amide bonds. The molecule has 0 bridgehead atoms. The van der Waals surface area contributed by atoms with Gasteiger partial charge in [0.1, 0.15) is 18.1 Å². The van der Waals surface area contributed by atoms with Gasteiger partial charge in [0.2, 0.25) is 0 Å². The van der Waals surface area contributed by atoms with Crippen LogP contribution in [-0.4, -0.2) is 16.8 Å². The summed E-state index contributed by atoms with van der Waals surface area (Å²) in [6, 6.07) is 21.0. The Morgan fingerprint density at radius 2 is 1.81 bits per heavy atom. The molecule has 1 fully saturated rings. The highest BCUT2D eigenvalue weighted by molar-refractivity contribution is 14.1. The number of nitrogens with zero attached hydrogens (tertiary/aromatic N) is 1. The number of hydrogen-bond donors (Lipinski definition) is 1. The third-order valence-corrected chi connectivity index (χ3v) is 6.18. The zero-order valence-electron chi connectivity index (χ0n) is 17.3. The Kier molecular flexibility index (Phi) is 6.95. The summed E-state index contributed by atoms with van der Waals surface area (Å²) >= 11 is 5.73. The molecule has 0 atom stereocenters. The summed E-state index contributed by atoms with van der Waals surface area (Å²) in [5, 5.41) is 2.69. The first-order valence-corrected chi connectivity index (χ1v) is 11.8. The minimum atomic E-state index is -0.431. The van der Waals surface area contributed by atoms with Gasteiger partial charge in [0, 0.05) is 13.6 Å². The van der Waals surface area contributed by atoms with Crippen molar-refractivity contribution in [2.45, 2.75) is 20.1 Å². The Balaban J connectivity index is 1.55. The van der Waals surface area contributed by atoms with Gasteiger partial charge in [0.05, 0.1) is 6.54 Å². The largest absolute Gasteiger partial charge is 0.488 e. The van der Waals surface area contributed by atoms with E-state index >= 15 is 0 Å². The third kappa shape index (κ3) is 5.39. The van der Waals surface area contributed by atoms with Crippen molar-refractivity contribution in [3.8, 4) is 5.75 Å². The lowest BCUT2D eigenvalue weighted by Crippen LogP contribution is -2.30. The molecule has 0 aliphatic carbocycles. The van der Waals surface area contributed by atoms with Gasteiger partial charge >= 0.3 is 6.03 Å². The van der Waals surface area contributed by atoms with Crippen molar-refractivity contribution in [3.05, 3.63) is 103 Å². The maximum absolute atomic E-state index is 12.9. The molecule has 5 nitrogen and oxygen atoms in total. The number of halogens is 2. The van der Waals surface area contributed by atoms with Crippen molar-refractivity contribution in [2.75, 3.05) is 0 Å². The van der Waals surface area contributed by atoms with E-state index in [0.717, 1.165) is 24.7 Å². The monoisotopic (exact) mass is 602 g/mol. The van der Waals surface area contributed by atoms with Gasteiger partial charge in [-0.2, -0.15) is 0 Å². The predicted octanol–water partition coefficient (Wildman–Crippen LogP) is 6.03. The van der Waals surface area contributed by atoms with E-state index in [1.165, 1.54) is 4.90 Å². The molecule has 0 spiro atoms. The predicted molar refractivity (Wildman–Crippen MR) is 136 cm³/mol. The van der Waals surface area contributed by atoms with Crippen molar-refractivity contribution in [3.63, 3.8) is 0 Å². The Labute approximate surface area is 208 Å². The Bertz CT molecular complexity index is 1210. The summed E-state index contributed by atoms with van der Waals surface area (Å²) in [6.07, 6.45) is 1.66. The second-order valence-corrected chi connectivity index (χ2v) is 9.63. The molecule has 32 heavy (non-hydrogen) atoms. The number of ether oxygens (including phenoxy) is 1. The van der Waals surface area contributed by atoms with E-state index in [4.69, 9.17) is 4.74 Å². The fourth-order valence-electron chi connectivity index (χ4n) is 3.37. The summed E-state index contributed by atoms with van der Waals surface area (Å²) in [4.78, 5) is 26.6. The topological polar surface area (TPSA) is 58.6 Å². The first-order valence-electron chi connectivity index (χ1n) is 9.96. The maximum Gasteiger partial charge on any atom is 0.329 e. The van der Waals surface area contributed by atoms with Crippen molar-refractivity contribution in [2.24, 2.45) is 0 Å². The number of carbonyl (C=O) groups excluding carboxylic acids is 2. The van der Waals surface area contributed by atoms with Crippen molar-refractivity contribution >= 4 is 56.5 Å². The molecule has 3 aromatic rings. The summed E-state index contributed by atoms with van der Waals surface area (Å²) in [5.41, 5.74) is 3.94. The molecule has 0 unspecified atom stereocenters. The number of nitrogens with one attached hydrogen (secondary N) is 1. The molecule has 1 heterocycles. The van der Waals surface area contributed by atoms with Gasteiger partial charge in [-0.25, -0.2) is 4.79 Å². The molecule has 0 aromatic heterocycles. The fourth-order valence-corrected chi connectivity index (χ4v) is 4.11. The van der Waals surface area contributed by atoms with Crippen LogP contribution in [0.4, 0.5) is 4.79 Å². The lowest BCUT2D eigenvalue weighted by atomic mass is 10.1.